The Morgan fingerprint density at radius 1 is 1.38 bits per heavy atom. The molecular weight excluding hydrogens is 206 g/mol. The maximum absolute atomic E-state index is 11.4. The molecule has 0 unspecified atom stereocenters. The minimum Gasteiger partial charge on any atom is -0.465 e. The maximum atomic E-state index is 11.4. The van der Waals surface area contributed by atoms with Crippen LogP contribution in [0.4, 0.5) is 5.69 Å². The van der Waals surface area contributed by atoms with Gasteiger partial charge in [0, 0.05) is 19.2 Å². The normalized spacial score (nSPS) is 13.5. The van der Waals surface area contributed by atoms with Crippen molar-refractivity contribution in [3.05, 3.63) is 29.3 Å². The van der Waals surface area contributed by atoms with Crippen LogP contribution in [0.3, 0.4) is 0 Å². The smallest absolute Gasteiger partial charge is 0.337 e. The molecule has 0 atom stereocenters. The molecule has 2 rings (SSSR count). The number of hydrogen-bond donors (Lipinski definition) is 0. The van der Waals surface area contributed by atoms with Gasteiger partial charge in [-0.3, -0.25) is 4.79 Å². The Kier molecular flexibility index (Phi) is 2.64. The Morgan fingerprint density at radius 3 is 2.75 bits per heavy atom. The fourth-order valence-electron chi connectivity index (χ4n) is 1.95. The zero-order chi connectivity index (χ0) is 11.7. The molecule has 0 aromatic heterocycles. The van der Waals surface area contributed by atoms with Crippen molar-refractivity contribution in [2.24, 2.45) is 0 Å². The summed E-state index contributed by atoms with van der Waals surface area (Å²) in [5.41, 5.74) is 2.41. The van der Waals surface area contributed by atoms with Gasteiger partial charge in [0.25, 0.3) is 0 Å². The third-order valence-electron chi connectivity index (χ3n) is 2.78. The van der Waals surface area contributed by atoms with Crippen molar-refractivity contribution in [3.8, 4) is 0 Å². The molecule has 1 amide bonds. The van der Waals surface area contributed by atoms with E-state index < -0.39 is 0 Å². The van der Waals surface area contributed by atoms with Crippen LogP contribution in [0.15, 0.2) is 18.2 Å². The number of methoxy groups -OCH3 is 1. The topological polar surface area (TPSA) is 46.6 Å². The van der Waals surface area contributed by atoms with E-state index in [0.29, 0.717) is 12.1 Å². The van der Waals surface area contributed by atoms with Crippen molar-refractivity contribution in [2.45, 2.75) is 13.3 Å². The van der Waals surface area contributed by atoms with E-state index in [1.165, 1.54) is 14.0 Å². The number of ether oxygens (including phenoxy) is 1. The van der Waals surface area contributed by atoms with Gasteiger partial charge >= 0.3 is 5.97 Å². The van der Waals surface area contributed by atoms with Gasteiger partial charge in [0.05, 0.1) is 12.7 Å². The molecule has 0 aliphatic carbocycles. The highest BCUT2D eigenvalue weighted by molar-refractivity contribution is 5.97. The molecule has 0 fully saturated rings. The van der Waals surface area contributed by atoms with Gasteiger partial charge < -0.3 is 9.64 Å². The molecule has 1 aliphatic rings. The zero-order valence-electron chi connectivity index (χ0n) is 9.32. The second-order valence-electron chi connectivity index (χ2n) is 3.76. The van der Waals surface area contributed by atoms with Crippen molar-refractivity contribution in [3.63, 3.8) is 0 Å². The highest BCUT2D eigenvalue weighted by atomic mass is 16.5. The molecule has 0 spiro atoms. The van der Waals surface area contributed by atoms with Crippen LogP contribution in [-0.4, -0.2) is 25.5 Å². The maximum Gasteiger partial charge on any atom is 0.337 e. The van der Waals surface area contributed by atoms with Crippen LogP contribution in [-0.2, 0) is 16.0 Å². The first-order valence-electron chi connectivity index (χ1n) is 5.13. The number of amides is 1. The number of anilines is 1. The van der Waals surface area contributed by atoms with Crippen LogP contribution in [0.2, 0.25) is 0 Å². The highest BCUT2D eigenvalue weighted by Gasteiger charge is 2.23. The molecule has 1 aromatic carbocycles. The molecule has 0 saturated carbocycles. The molecule has 0 N–H and O–H groups in total. The summed E-state index contributed by atoms with van der Waals surface area (Å²) < 4.78 is 4.65. The molecule has 1 aliphatic heterocycles. The number of hydrogen-bond acceptors (Lipinski definition) is 3. The highest BCUT2D eigenvalue weighted by Crippen LogP contribution is 2.29. The van der Waals surface area contributed by atoms with Gasteiger partial charge in [-0.2, -0.15) is 0 Å². The summed E-state index contributed by atoms with van der Waals surface area (Å²) in [6, 6.07) is 5.33. The van der Waals surface area contributed by atoms with E-state index in [2.05, 4.69) is 4.74 Å². The minimum absolute atomic E-state index is 0.000709. The average molecular weight is 219 g/mol. The monoisotopic (exact) mass is 219 g/mol. The first-order chi connectivity index (χ1) is 7.63. The standard InChI is InChI=1S/C12H13NO3/c1-8(14)13-6-5-9-3-4-10(7-11(9)13)12(15)16-2/h3-4,7H,5-6H2,1-2H3. The van der Waals surface area contributed by atoms with Crippen LogP contribution < -0.4 is 4.90 Å². The van der Waals surface area contributed by atoms with Crippen LogP contribution in [0, 0.1) is 0 Å². The molecule has 1 aromatic rings. The Morgan fingerprint density at radius 2 is 2.12 bits per heavy atom. The summed E-state index contributed by atoms with van der Waals surface area (Å²) in [6.07, 6.45) is 0.844. The van der Waals surface area contributed by atoms with Gasteiger partial charge in [-0.05, 0) is 24.1 Å². The average Bonchev–Trinajstić information content (AvgIpc) is 2.70. The van der Waals surface area contributed by atoms with Crippen molar-refractivity contribution in [2.75, 3.05) is 18.6 Å². The van der Waals surface area contributed by atoms with Crippen molar-refractivity contribution in [1.82, 2.24) is 0 Å². The Hall–Kier alpha value is -1.84. The van der Waals surface area contributed by atoms with Gasteiger partial charge in [-0.15, -0.1) is 0 Å². The molecule has 4 nitrogen and oxygen atoms in total. The Balaban J connectivity index is 2.41. The number of rotatable bonds is 1. The number of carbonyl (C=O) groups excluding carboxylic acids is 2. The molecule has 84 valence electrons. The molecule has 0 saturated heterocycles. The third kappa shape index (κ3) is 1.66. The van der Waals surface area contributed by atoms with Crippen LogP contribution in [0.25, 0.3) is 0 Å². The lowest BCUT2D eigenvalue weighted by atomic mass is 10.1. The van der Waals surface area contributed by atoms with Gasteiger partial charge in [0.15, 0.2) is 0 Å². The molecular formula is C12H13NO3. The summed E-state index contributed by atoms with van der Waals surface area (Å²) in [5, 5.41) is 0. The largest absolute Gasteiger partial charge is 0.465 e. The van der Waals surface area contributed by atoms with Gasteiger partial charge in [-0.1, -0.05) is 6.07 Å². The summed E-state index contributed by atoms with van der Waals surface area (Å²) >= 11 is 0. The Labute approximate surface area is 93.8 Å². The lowest BCUT2D eigenvalue weighted by molar-refractivity contribution is -0.116. The number of fused-ring (bicyclic) bond motifs is 1. The van der Waals surface area contributed by atoms with E-state index in [4.69, 9.17) is 0 Å². The summed E-state index contributed by atoms with van der Waals surface area (Å²) in [5.74, 6) is -0.376. The number of esters is 1. The van der Waals surface area contributed by atoms with Crippen molar-refractivity contribution in [1.29, 1.82) is 0 Å². The van der Waals surface area contributed by atoms with Crippen LogP contribution in [0.1, 0.15) is 22.8 Å². The lowest BCUT2D eigenvalue weighted by Gasteiger charge is -2.15. The molecule has 16 heavy (non-hydrogen) atoms. The van der Waals surface area contributed by atoms with E-state index in [0.717, 1.165) is 17.7 Å². The molecule has 4 heteroatoms. The van der Waals surface area contributed by atoms with E-state index in [1.807, 2.05) is 6.07 Å². The van der Waals surface area contributed by atoms with Gasteiger partial charge in [-0.25, -0.2) is 4.79 Å². The quantitative estimate of drug-likeness (QED) is 0.670. The SMILES string of the molecule is COC(=O)c1ccc2c(c1)N(C(C)=O)CC2. The van der Waals surface area contributed by atoms with E-state index in [-0.39, 0.29) is 11.9 Å². The number of carbonyl (C=O) groups is 2. The van der Waals surface area contributed by atoms with E-state index >= 15 is 0 Å². The first-order valence-corrected chi connectivity index (χ1v) is 5.13. The van der Waals surface area contributed by atoms with E-state index in [1.54, 1.807) is 17.0 Å². The second-order valence-corrected chi connectivity index (χ2v) is 3.76. The van der Waals surface area contributed by atoms with Gasteiger partial charge in [0.1, 0.15) is 0 Å². The number of benzene rings is 1. The predicted octanol–water partition coefficient (Wildman–Crippen LogP) is 1.38. The molecule has 1 heterocycles. The molecule has 0 radical (unpaired) electrons. The summed E-state index contributed by atoms with van der Waals surface area (Å²) in [4.78, 5) is 24.4. The van der Waals surface area contributed by atoms with E-state index in [9.17, 15) is 9.59 Å². The van der Waals surface area contributed by atoms with Crippen LogP contribution >= 0.6 is 0 Å². The third-order valence-corrected chi connectivity index (χ3v) is 2.78. The van der Waals surface area contributed by atoms with Crippen molar-refractivity contribution < 1.29 is 14.3 Å². The number of nitrogens with zero attached hydrogens (tertiary/aromatic N) is 1. The predicted molar refractivity (Wildman–Crippen MR) is 59.5 cm³/mol. The fourth-order valence-corrected chi connectivity index (χ4v) is 1.95. The lowest BCUT2D eigenvalue weighted by Crippen LogP contribution is -2.25. The van der Waals surface area contributed by atoms with Gasteiger partial charge in [0.2, 0.25) is 5.91 Å². The minimum atomic E-state index is -0.377. The summed E-state index contributed by atoms with van der Waals surface area (Å²) in [7, 11) is 1.35. The Bertz CT molecular complexity index is 454. The zero-order valence-corrected chi connectivity index (χ0v) is 9.32. The van der Waals surface area contributed by atoms with Crippen molar-refractivity contribution >= 4 is 17.6 Å². The first kappa shape index (κ1) is 10.7. The van der Waals surface area contributed by atoms with Crippen LogP contribution in [0.5, 0.6) is 0 Å². The fraction of sp³-hybridized carbons (Fsp3) is 0.333. The summed E-state index contributed by atoms with van der Waals surface area (Å²) in [6.45, 7) is 2.22. The second kappa shape index (κ2) is 3.96. The molecule has 0 bridgehead atoms.